The monoisotopic (exact) mass is 395 g/mol. The van der Waals surface area contributed by atoms with Gasteiger partial charge in [0.1, 0.15) is 23.4 Å². The molecule has 0 aliphatic carbocycles. The molecule has 3 aromatic rings. The molecule has 1 amide bonds. The Bertz CT molecular complexity index is 919. The molecule has 10 heteroatoms. The lowest BCUT2D eigenvalue weighted by atomic mass is 10.1. The normalized spacial score (nSPS) is 11.6. The van der Waals surface area contributed by atoms with Crippen LogP contribution in [0.15, 0.2) is 36.9 Å². The molecule has 0 unspecified atom stereocenters. The van der Waals surface area contributed by atoms with E-state index in [0.717, 1.165) is 12.1 Å². The van der Waals surface area contributed by atoms with Crippen LogP contribution in [-0.4, -0.2) is 44.1 Å². The van der Waals surface area contributed by atoms with Gasteiger partial charge in [-0.3, -0.25) is 9.48 Å². The third-order valence-corrected chi connectivity index (χ3v) is 4.96. The van der Waals surface area contributed by atoms with E-state index in [4.69, 9.17) is 0 Å². The highest BCUT2D eigenvalue weighted by Crippen LogP contribution is 2.33. The van der Waals surface area contributed by atoms with E-state index in [2.05, 4.69) is 15.1 Å². The van der Waals surface area contributed by atoms with Gasteiger partial charge in [0.25, 0.3) is 5.91 Å². The molecule has 0 atom stereocenters. The van der Waals surface area contributed by atoms with Crippen LogP contribution in [0, 0.1) is 6.92 Å². The fourth-order valence-corrected chi connectivity index (χ4v) is 3.31. The summed E-state index contributed by atoms with van der Waals surface area (Å²) >= 11 is 1.27. The molecular weight excluding hydrogens is 379 g/mol. The van der Waals surface area contributed by atoms with E-state index in [1.54, 1.807) is 25.0 Å². The molecule has 1 aromatic carbocycles. The van der Waals surface area contributed by atoms with Crippen LogP contribution in [0.2, 0.25) is 0 Å². The Labute approximate surface area is 157 Å². The number of thiazole rings is 1. The highest BCUT2D eigenvalue weighted by Gasteiger charge is 2.30. The molecule has 0 N–H and O–H groups in total. The number of carbonyl (C=O) groups is 1. The van der Waals surface area contributed by atoms with Crippen molar-refractivity contribution in [1.82, 2.24) is 24.6 Å². The van der Waals surface area contributed by atoms with Crippen molar-refractivity contribution >= 4 is 17.2 Å². The van der Waals surface area contributed by atoms with Gasteiger partial charge < -0.3 is 4.90 Å². The summed E-state index contributed by atoms with van der Waals surface area (Å²) in [5, 5.41) is 4.49. The second-order valence-electron chi connectivity index (χ2n) is 5.88. The standard InChI is InChI=1S/C17H16F3N5OS/c1-11-14(16(26)24(2)7-8-25-10-21-9-22-25)23-15(27-11)12-3-5-13(6-4-12)17(18,19)20/h3-6,9-10H,7-8H2,1-2H3. The first-order valence-electron chi connectivity index (χ1n) is 7.98. The Morgan fingerprint density at radius 3 is 2.56 bits per heavy atom. The first kappa shape index (κ1) is 19.0. The molecule has 2 heterocycles. The number of nitrogens with zero attached hydrogens (tertiary/aromatic N) is 5. The molecule has 0 radical (unpaired) electrons. The summed E-state index contributed by atoms with van der Waals surface area (Å²) in [6.45, 7) is 2.69. The van der Waals surface area contributed by atoms with Crippen molar-refractivity contribution < 1.29 is 18.0 Å². The highest BCUT2D eigenvalue weighted by atomic mass is 32.1. The molecule has 27 heavy (non-hydrogen) atoms. The number of hydrogen-bond acceptors (Lipinski definition) is 5. The Hall–Kier alpha value is -2.75. The molecule has 0 spiro atoms. The van der Waals surface area contributed by atoms with Gasteiger partial charge in [0.05, 0.1) is 12.1 Å². The number of aromatic nitrogens is 4. The zero-order chi connectivity index (χ0) is 19.6. The van der Waals surface area contributed by atoms with Gasteiger partial charge in [0.2, 0.25) is 0 Å². The summed E-state index contributed by atoms with van der Waals surface area (Å²) in [6.07, 6.45) is -1.40. The third kappa shape index (κ3) is 4.33. The van der Waals surface area contributed by atoms with Gasteiger partial charge in [-0.25, -0.2) is 9.97 Å². The quantitative estimate of drug-likeness (QED) is 0.663. The molecule has 0 aliphatic heterocycles. The smallest absolute Gasteiger partial charge is 0.338 e. The van der Waals surface area contributed by atoms with E-state index >= 15 is 0 Å². The largest absolute Gasteiger partial charge is 0.416 e. The van der Waals surface area contributed by atoms with E-state index in [0.29, 0.717) is 34.2 Å². The van der Waals surface area contributed by atoms with Crippen LogP contribution in [-0.2, 0) is 12.7 Å². The number of hydrogen-bond donors (Lipinski definition) is 0. The zero-order valence-electron chi connectivity index (χ0n) is 14.6. The Kier molecular flexibility index (Phi) is 5.26. The van der Waals surface area contributed by atoms with Crippen LogP contribution in [0.4, 0.5) is 13.2 Å². The molecule has 142 valence electrons. The summed E-state index contributed by atoms with van der Waals surface area (Å²) in [5.41, 5.74) is 0.125. The molecule has 2 aromatic heterocycles. The van der Waals surface area contributed by atoms with Crippen LogP contribution < -0.4 is 0 Å². The Morgan fingerprint density at radius 1 is 1.26 bits per heavy atom. The van der Waals surface area contributed by atoms with E-state index < -0.39 is 11.7 Å². The van der Waals surface area contributed by atoms with Gasteiger partial charge in [-0.15, -0.1) is 11.3 Å². The van der Waals surface area contributed by atoms with Crippen LogP contribution >= 0.6 is 11.3 Å². The van der Waals surface area contributed by atoms with Crippen LogP contribution in [0.5, 0.6) is 0 Å². The predicted octanol–water partition coefficient (Wildman–Crippen LogP) is 3.50. The van der Waals surface area contributed by atoms with Crippen molar-refractivity contribution in [1.29, 1.82) is 0 Å². The average Bonchev–Trinajstić information content (AvgIpc) is 3.28. The zero-order valence-corrected chi connectivity index (χ0v) is 15.4. The summed E-state index contributed by atoms with van der Waals surface area (Å²) in [5.74, 6) is -0.248. The fourth-order valence-electron chi connectivity index (χ4n) is 2.40. The lowest BCUT2D eigenvalue weighted by Crippen LogP contribution is -2.30. The molecule has 3 rings (SSSR count). The topological polar surface area (TPSA) is 63.9 Å². The first-order chi connectivity index (χ1) is 12.8. The number of amides is 1. The van der Waals surface area contributed by atoms with Gasteiger partial charge in [-0.05, 0) is 19.1 Å². The number of aryl methyl sites for hydroxylation is 1. The third-order valence-electron chi connectivity index (χ3n) is 3.94. The summed E-state index contributed by atoms with van der Waals surface area (Å²) in [7, 11) is 1.66. The predicted molar refractivity (Wildman–Crippen MR) is 94.3 cm³/mol. The van der Waals surface area contributed by atoms with Gasteiger partial charge in [0, 0.05) is 24.0 Å². The summed E-state index contributed by atoms with van der Waals surface area (Å²) in [6, 6.07) is 4.75. The van der Waals surface area contributed by atoms with Crippen molar-refractivity contribution in [2.24, 2.45) is 0 Å². The second-order valence-corrected chi connectivity index (χ2v) is 7.09. The fraction of sp³-hybridized carbons (Fsp3) is 0.294. The van der Waals surface area contributed by atoms with Crippen LogP contribution in [0.3, 0.4) is 0 Å². The molecule has 0 aliphatic rings. The summed E-state index contributed by atoms with van der Waals surface area (Å²) < 4.78 is 39.7. The van der Waals surface area contributed by atoms with E-state index in [-0.39, 0.29) is 5.91 Å². The maximum absolute atomic E-state index is 12.7. The maximum Gasteiger partial charge on any atom is 0.416 e. The number of carbonyl (C=O) groups excluding carboxylic acids is 1. The van der Waals surface area contributed by atoms with Crippen molar-refractivity contribution in [2.75, 3.05) is 13.6 Å². The molecule has 0 fully saturated rings. The summed E-state index contributed by atoms with van der Waals surface area (Å²) in [4.78, 5) is 23.1. The van der Waals surface area contributed by atoms with E-state index in [1.807, 2.05) is 0 Å². The first-order valence-corrected chi connectivity index (χ1v) is 8.80. The van der Waals surface area contributed by atoms with Crippen molar-refractivity contribution in [3.8, 4) is 10.6 Å². The molecule has 6 nitrogen and oxygen atoms in total. The number of likely N-dealkylation sites (N-methyl/N-ethyl adjacent to an activating group) is 1. The van der Waals surface area contributed by atoms with Gasteiger partial charge in [-0.2, -0.15) is 18.3 Å². The van der Waals surface area contributed by atoms with E-state index in [1.165, 1.54) is 34.7 Å². The van der Waals surface area contributed by atoms with Gasteiger partial charge in [0.15, 0.2) is 0 Å². The Morgan fingerprint density at radius 2 is 1.96 bits per heavy atom. The Balaban J connectivity index is 1.74. The number of alkyl halides is 3. The number of rotatable bonds is 5. The lowest BCUT2D eigenvalue weighted by molar-refractivity contribution is -0.137. The van der Waals surface area contributed by atoms with Crippen molar-refractivity contribution in [3.63, 3.8) is 0 Å². The maximum atomic E-state index is 12.7. The molecule has 0 saturated carbocycles. The van der Waals surface area contributed by atoms with Crippen molar-refractivity contribution in [2.45, 2.75) is 19.6 Å². The number of benzene rings is 1. The molecule has 0 bridgehead atoms. The van der Waals surface area contributed by atoms with Crippen LogP contribution in [0.25, 0.3) is 10.6 Å². The van der Waals surface area contributed by atoms with E-state index in [9.17, 15) is 18.0 Å². The lowest BCUT2D eigenvalue weighted by Gasteiger charge is -2.16. The minimum atomic E-state index is -4.38. The van der Waals surface area contributed by atoms with Gasteiger partial charge in [-0.1, -0.05) is 12.1 Å². The van der Waals surface area contributed by atoms with Gasteiger partial charge >= 0.3 is 6.18 Å². The minimum Gasteiger partial charge on any atom is -0.338 e. The second kappa shape index (κ2) is 7.47. The van der Waals surface area contributed by atoms with Crippen molar-refractivity contribution in [3.05, 3.63) is 53.1 Å². The number of halogens is 3. The SMILES string of the molecule is Cc1sc(-c2ccc(C(F)(F)F)cc2)nc1C(=O)N(C)CCn1cncn1. The average molecular weight is 395 g/mol. The minimum absolute atomic E-state index is 0.248. The molecular formula is C17H16F3N5OS. The molecule has 0 saturated heterocycles. The van der Waals surface area contributed by atoms with Crippen LogP contribution in [0.1, 0.15) is 20.9 Å². The highest BCUT2D eigenvalue weighted by molar-refractivity contribution is 7.15.